The molecule has 1 N–H and O–H groups in total. The Bertz CT molecular complexity index is 484. The summed E-state index contributed by atoms with van der Waals surface area (Å²) in [4.78, 5) is 14.4. The minimum atomic E-state index is 0.0993. The minimum Gasteiger partial charge on any atom is -0.378 e. The molecule has 1 saturated carbocycles. The second-order valence-corrected chi connectivity index (χ2v) is 7.32. The molecule has 0 aliphatic heterocycles. The molecule has 0 heterocycles. The van der Waals surface area contributed by atoms with Gasteiger partial charge in [0, 0.05) is 25.7 Å². The summed E-state index contributed by atoms with van der Waals surface area (Å²) in [6, 6.07) is 10.7. The summed E-state index contributed by atoms with van der Waals surface area (Å²) in [5, 5.41) is 3.03. The molecule has 0 atom stereocenters. The van der Waals surface area contributed by atoms with Crippen molar-refractivity contribution in [2.75, 3.05) is 19.7 Å². The van der Waals surface area contributed by atoms with E-state index in [2.05, 4.69) is 36.2 Å². The normalized spacial score (nSPS) is 15.7. The molecule has 0 spiro atoms. The fourth-order valence-electron chi connectivity index (χ4n) is 3.26. The minimum absolute atomic E-state index is 0.0993. The lowest BCUT2D eigenvalue weighted by Gasteiger charge is -2.26. The Hall–Kier alpha value is -1.39. The maximum atomic E-state index is 12.2. The van der Waals surface area contributed by atoms with E-state index in [-0.39, 0.29) is 5.91 Å². The van der Waals surface area contributed by atoms with Gasteiger partial charge < -0.3 is 10.1 Å². The molecule has 1 aliphatic carbocycles. The summed E-state index contributed by atoms with van der Waals surface area (Å²) in [6.07, 6.45) is 7.70. The lowest BCUT2D eigenvalue weighted by atomic mass is 9.98. The molecule has 1 fully saturated rings. The summed E-state index contributed by atoms with van der Waals surface area (Å²) >= 11 is 0. The number of benzene rings is 1. The third kappa shape index (κ3) is 8.02. The summed E-state index contributed by atoms with van der Waals surface area (Å²) in [5.74, 6) is 0.0993. The first-order valence-corrected chi connectivity index (χ1v) is 9.81. The Kier molecular flexibility index (Phi) is 8.98. The maximum absolute atomic E-state index is 12.2. The van der Waals surface area contributed by atoms with E-state index < -0.39 is 0 Å². The van der Waals surface area contributed by atoms with Gasteiger partial charge in [-0.2, -0.15) is 0 Å². The number of nitrogens with zero attached hydrogens (tertiary/aromatic N) is 1. The quantitative estimate of drug-likeness (QED) is 0.656. The van der Waals surface area contributed by atoms with Crippen LogP contribution in [0, 0.1) is 0 Å². The predicted octanol–water partition coefficient (Wildman–Crippen LogP) is 3.75. The van der Waals surface area contributed by atoms with Gasteiger partial charge >= 0.3 is 0 Å². The molecule has 4 heteroatoms. The van der Waals surface area contributed by atoms with Gasteiger partial charge in [0.2, 0.25) is 5.91 Å². The van der Waals surface area contributed by atoms with Gasteiger partial charge in [0.1, 0.15) is 0 Å². The Labute approximate surface area is 152 Å². The first-order valence-electron chi connectivity index (χ1n) is 9.81. The van der Waals surface area contributed by atoms with E-state index in [0.29, 0.717) is 25.2 Å². The molecule has 0 aromatic heterocycles. The van der Waals surface area contributed by atoms with E-state index in [9.17, 15) is 4.79 Å². The third-order valence-corrected chi connectivity index (χ3v) is 4.85. The molecular formula is C21H34N2O2. The fourth-order valence-corrected chi connectivity index (χ4v) is 3.26. The zero-order chi connectivity index (χ0) is 17.9. The smallest absolute Gasteiger partial charge is 0.234 e. The lowest BCUT2D eigenvalue weighted by Crippen LogP contribution is -2.40. The highest BCUT2D eigenvalue weighted by Gasteiger charge is 2.15. The fraction of sp³-hybridized carbons (Fsp3) is 0.667. The number of amides is 1. The Morgan fingerprint density at radius 2 is 1.92 bits per heavy atom. The topological polar surface area (TPSA) is 41.6 Å². The van der Waals surface area contributed by atoms with Gasteiger partial charge in [0.05, 0.1) is 12.6 Å². The van der Waals surface area contributed by atoms with Crippen molar-refractivity contribution < 1.29 is 9.53 Å². The van der Waals surface area contributed by atoms with E-state index in [1.54, 1.807) is 0 Å². The van der Waals surface area contributed by atoms with Crippen LogP contribution in [-0.4, -0.2) is 42.6 Å². The van der Waals surface area contributed by atoms with Gasteiger partial charge in [-0.1, -0.05) is 49.6 Å². The molecule has 2 rings (SSSR count). The van der Waals surface area contributed by atoms with Crippen molar-refractivity contribution in [3.8, 4) is 0 Å². The van der Waals surface area contributed by atoms with Crippen LogP contribution < -0.4 is 5.32 Å². The van der Waals surface area contributed by atoms with Crippen molar-refractivity contribution in [1.29, 1.82) is 0 Å². The Morgan fingerprint density at radius 1 is 1.20 bits per heavy atom. The van der Waals surface area contributed by atoms with Gasteiger partial charge in [0.15, 0.2) is 0 Å². The molecule has 0 radical (unpaired) electrons. The van der Waals surface area contributed by atoms with Crippen LogP contribution >= 0.6 is 0 Å². The molecule has 0 unspecified atom stereocenters. The standard InChI is InChI=1S/C21H34N2O2/c1-18(2)23(16-19-10-5-3-6-11-19)17-21(24)22-14-9-15-25-20-12-7-4-8-13-20/h3,5-6,10-11,18,20H,4,7-9,12-17H2,1-2H3,(H,22,24). The van der Waals surface area contributed by atoms with Crippen LogP contribution in [0.3, 0.4) is 0 Å². The Morgan fingerprint density at radius 3 is 2.60 bits per heavy atom. The number of nitrogens with one attached hydrogen (secondary N) is 1. The third-order valence-electron chi connectivity index (χ3n) is 4.85. The van der Waals surface area contributed by atoms with E-state index in [4.69, 9.17) is 4.74 Å². The van der Waals surface area contributed by atoms with Crippen molar-refractivity contribution >= 4 is 5.91 Å². The Balaban J connectivity index is 1.61. The molecule has 1 amide bonds. The molecule has 1 aromatic carbocycles. The molecule has 140 valence electrons. The number of rotatable bonds is 10. The zero-order valence-electron chi connectivity index (χ0n) is 15.9. The predicted molar refractivity (Wildman–Crippen MR) is 102 cm³/mol. The zero-order valence-corrected chi connectivity index (χ0v) is 15.9. The molecule has 1 aromatic rings. The number of hydrogen-bond donors (Lipinski definition) is 1. The van der Waals surface area contributed by atoms with Crippen molar-refractivity contribution in [3.05, 3.63) is 35.9 Å². The largest absolute Gasteiger partial charge is 0.378 e. The number of carbonyl (C=O) groups excluding carboxylic acids is 1. The van der Waals surface area contributed by atoms with Crippen LogP contribution in [0.25, 0.3) is 0 Å². The van der Waals surface area contributed by atoms with Crippen molar-refractivity contribution in [1.82, 2.24) is 10.2 Å². The van der Waals surface area contributed by atoms with Gasteiger partial charge in [0.25, 0.3) is 0 Å². The van der Waals surface area contributed by atoms with Crippen molar-refractivity contribution in [2.24, 2.45) is 0 Å². The highest BCUT2D eigenvalue weighted by molar-refractivity contribution is 5.78. The highest BCUT2D eigenvalue weighted by atomic mass is 16.5. The molecule has 0 saturated heterocycles. The molecular weight excluding hydrogens is 312 g/mol. The second kappa shape index (κ2) is 11.3. The van der Waals surface area contributed by atoms with Gasteiger partial charge in [-0.25, -0.2) is 0 Å². The van der Waals surface area contributed by atoms with Crippen LogP contribution in [0.15, 0.2) is 30.3 Å². The van der Waals surface area contributed by atoms with Crippen LogP contribution in [0.5, 0.6) is 0 Å². The lowest BCUT2D eigenvalue weighted by molar-refractivity contribution is -0.122. The number of carbonyl (C=O) groups is 1. The highest BCUT2D eigenvalue weighted by Crippen LogP contribution is 2.20. The molecule has 25 heavy (non-hydrogen) atoms. The summed E-state index contributed by atoms with van der Waals surface area (Å²) in [5.41, 5.74) is 1.24. The average molecular weight is 347 g/mol. The van der Waals surface area contributed by atoms with Crippen LogP contribution in [0.1, 0.15) is 57.9 Å². The maximum Gasteiger partial charge on any atom is 0.234 e. The first kappa shape index (κ1) is 19.9. The van der Waals surface area contributed by atoms with Crippen LogP contribution in [-0.2, 0) is 16.1 Å². The number of hydrogen-bond acceptors (Lipinski definition) is 3. The molecule has 4 nitrogen and oxygen atoms in total. The van der Waals surface area contributed by atoms with E-state index >= 15 is 0 Å². The summed E-state index contributed by atoms with van der Waals surface area (Å²) < 4.78 is 5.90. The monoisotopic (exact) mass is 346 g/mol. The van der Waals surface area contributed by atoms with Crippen molar-refractivity contribution in [3.63, 3.8) is 0 Å². The molecule has 0 bridgehead atoms. The van der Waals surface area contributed by atoms with Crippen molar-refractivity contribution in [2.45, 2.75) is 71.1 Å². The van der Waals surface area contributed by atoms with Gasteiger partial charge in [-0.3, -0.25) is 9.69 Å². The SMILES string of the molecule is CC(C)N(CC(=O)NCCCOC1CCCCC1)Cc1ccccc1. The summed E-state index contributed by atoms with van der Waals surface area (Å²) in [7, 11) is 0. The van der Waals surface area contributed by atoms with Crippen LogP contribution in [0.4, 0.5) is 0 Å². The second-order valence-electron chi connectivity index (χ2n) is 7.32. The number of ether oxygens (including phenoxy) is 1. The molecule has 1 aliphatic rings. The van der Waals surface area contributed by atoms with E-state index in [1.807, 2.05) is 18.2 Å². The first-order chi connectivity index (χ1) is 12.1. The van der Waals surface area contributed by atoms with Gasteiger partial charge in [-0.05, 0) is 38.7 Å². The van der Waals surface area contributed by atoms with E-state index in [1.165, 1.54) is 37.7 Å². The van der Waals surface area contributed by atoms with Gasteiger partial charge in [-0.15, -0.1) is 0 Å². The van der Waals surface area contributed by atoms with E-state index in [0.717, 1.165) is 19.6 Å². The van der Waals surface area contributed by atoms with Crippen LogP contribution in [0.2, 0.25) is 0 Å². The average Bonchev–Trinajstić information content (AvgIpc) is 2.62. The summed E-state index contributed by atoms with van der Waals surface area (Å²) in [6.45, 7) is 6.96.